The molecule has 0 aliphatic heterocycles. The zero-order chi connectivity index (χ0) is 17.6. The minimum absolute atomic E-state index is 0.158. The van der Waals surface area contributed by atoms with Gasteiger partial charge in [-0.05, 0) is 25.1 Å². The molecule has 2 aromatic rings. The van der Waals surface area contributed by atoms with E-state index in [-0.39, 0.29) is 5.41 Å². The van der Waals surface area contributed by atoms with Gasteiger partial charge in [-0.25, -0.2) is 0 Å². The number of hydrogen-bond acceptors (Lipinski definition) is 7. The molecule has 7 heteroatoms. The van der Waals surface area contributed by atoms with Crippen LogP contribution in [0.2, 0.25) is 0 Å². The normalized spacial score (nSPS) is 11.3. The predicted molar refractivity (Wildman–Crippen MR) is 92.2 cm³/mol. The summed E-state index contributed by atoms with van der Waals surface area (Å²) in [5.74, 6) is 2.46. The van der Waals surface area contributed by atoms with E-state index in [0.29, 0.717) is 47.1 Å². The van der Waals surface area contributed by atoms with Gasteiger partial charge in [0.15, 0.2) is 11.5 Å². The first kappa shape index (κ1) is 18.3. The summed E-state index contributed by atoms with van der Waals surface area (Å²) < 4.78 is 16.9. The third-order valence-corrected chi connectivity index (χ3v) is 3.80. The Kier molecular flexibility index (Phi) is 6.25. The van der Waals surface area contributed by atoms with Crippen LogP contribution in [0.15, 0.2) is 27.8 Å². The molecule has 0 aliphatic rings. The van der Waals surface area contributed by atoms with Crippen molar-refractivity contribution in [2.24, 2.45) is 0 Å². The molecule has 0 bridgehead atoms. The van der Waals surface area contributed by atoms with Gasteiger partial charge in [0, 0.05) is 16.7 Å². The van der Waals surface area contributed by atoms with Crippen molar-refractivity contribution in [1.82, 2.24) is 10.2 Å². The fourth-order valence-corrected chi connectivity index (χ4v) is 2.42. The molecule has 24 heavy (non-hydrogen) atoms. The summed E-state index contributed by atoms with van der Waals surface area (Å²) >= 11 is 1.44. The predicted octanol–water partition coefficient (Wildman–Crippen LogP) is 3.75. The minimum Gasteiger partial charge on any atom is -0.490 e. The highest BCUT2D eigenvalue weighted by molar-refractivity contribution is 7.99. The molecule has 0 spiro atoms. The molecule has 2 rings (SSSR count). The highest BCUT2D eigenvalue weighted by atomic mass is 32.2. The Morgan fingerprint density at radius 3 is 2.62 bits per heavy atom. The Morgan fingerprint density at radius 1 is 1.21 bits per heavy atom. The van der Waals surface area contributed by atoms with Gasteiger partial charge in [-0.2, -0.15) is 0 Å². The fraction of sp³-hybridized carbons (Fsp3) is 0.471. The van der Waals surface area contributed by atoms with Crippen LogP contribution in [0, 0.1) is 0 Å². The summed E-state index contributed by atoms with van der Waals surface area (Å²) in [6.07, 6.45) is 0.782. The first-order valence-electron chi connectivity index (χ1n) is 7.75. The molecule has 0 saturated heterocycles. The van der Waals surface area contributed by atoms with Crippen molar-refractivity contribution in [3.63, 3.8) is 0 Å². The smallest absolute Gasteiger partial charge is 0.276 e. The van der Waals surface area contributed by atoms with E-state index in [4.69, 9.17) is 13.9 Å². The average molecular weight is 350 g/mol. The molecule has 0 amide bonds. The number of carbonyl (C=O) groups excluding carboxylic acids is 1. The largest absolute Gasteiger partial charge is 0.490 e. The molecule has 0 unspecified atom stereocenters. The lowest BCUT2D eigenvalue weighted by molar-refractivity contribution is 0.112. The quantitative estimate of drug-likeness (QED) is 0.408. The van der Waals surface area contributed by atoms with Crippen LogP contribution in [0.25, 0.3) is 0 Å². The third kappa shape index (κ3) is 4.99. The van der Waals surface area contributed by atoms with Gasteiger partial charge in [0.2, 0.25) is 5.89 Å². The summed E-state index contributed by atoms with van der Waals surface area (Å²) in [5, 5.41) is 8.61. The third-order valence-electron chi connectivity index (χ3n) is 3.02. The number of aromatic nitrogens is 2. The van der Waals surface area contributed by atoms with Crippen LogP contribution in [-0.4, -0.2) is 35.5 Å². The molecule has 0 atom stereocenters. The minimum atomic E-state index is -0.158. The van der Waals surface area contributed by atoms with Gasteiger partial charge in [-0.1, -0.05) is 32.5 Å². The Labute approximate surface area is 145 Å². The van der Waals surface area contributed by atoms with Gasteiger partial charge in [0.25, 0.3) is 5.22 Å². The van der Waals surface area contributed by atoms with E-state index in [2.05, 4.69) is 10.2 Å². The molecular formula is C17H22N2O4S. The van der Waals surface area contributed by atoms with Crippen molar-refractivity contribution in [3.05, 3.63) is 29.7 Å². The zero-order valence-electron chi connectivity index (χ0n) is 14.4. The van der Waals surface area contributed by atoms with Crippen molar-refractivity contribution >= 4 is 18.0 Å². The highest BCUT2D eigenvalue weighted by Gasteiger charge is 2.21. The van der Waals surface area contributed by atoms with Crippen molar-refractivity contribution in [3.8, 4) is 11.5 Å². The average Bonchev–Trinajstić information content (AvgIpc) is 3.02. The van der Waals surface area contributed by atoms with E-state index < -0.39 is 0 Å². The molecule has 6 nitrogen and oxygen atoms in total. The van der Waals surface area contributed by atoms with E-state index >= 15 is 0 Å². The summed E-state index contributed by atoms with van der Waals surface area (Å²) in [6.45, 7) is 8.92. The van der Waals surface area contributed by atoms with Crippen molar-refractivity contribution < 1.29 is 18.7 Å². The Morgan fingerprint density at radius 2 is 2.00 bits per heavy atom. The van der Waals surface area contributed by atoms with Gasteiger partial charge >= 0.3 is 0 Å². The lowest BCUT2D eigenvalue weighted by Gasteiger charge is -2.12. The van der Waals surface area contributed by atoms with Crippen LogP contribution in [0.5, 0.6) is 11.5 Å². The number of hydrogen-bond donors (Lipinski definition) is 0. The van der Waals surface area contributed by atoms with Gasteiger partial charge < -0.3 is 13.9 Å². The molecule has 1 heterocycles. The van der Waals surface area contributed by atoms with E-state index in [0.717, 1.165) is 6.29 Å². The standard InChI is InChI=1S/C17H22N2O4S/c1-5-21-14-10-12(11-20)6-7-13(14)22-8-9-24-16-19-18-15(23-16)17(2,3)4/h6-7,10-11H,5,8-9H2,1-4H3. The number of rotatable bonds is 8. The SMILES string of the molecule is CCOc1cc(C=O)ccc1OCCSc1nnc(C(C)(C)C)o1. The second-order valence-corrected chi connectivity index (χ2v) is 7.12. The molecule has 130 valence electrons. The second-order valence-electron chi connectivity index (χ2n) is 6.08. The van der Waals surface area contributed by atoms with E-state index in [9.17, 15) is 4.79 Å². The first-order chi connectivity index (χ1) is 11.4. The maximum Gasteiger partial charge on any atom is 0.276 e. The number of aldehydes is 1. The topological polar surface area (TPSA) is 74.5 Å². The summed E-state index contributed by atoms with van der Waals surface area (Å²) in [7, 11) is 0. The summed E-state index contributed by atoms with van der Waals surface area (Å²) in [4.78, 5) is 10.8. The number of ether oxygens (including phenoxy) is 2. The van der Waals surface area contributed by atoms with Crippen LogP contribution < -0.4 is 9.47 Å². The molecule has 0 saturated carbocycles. The maximum atomic E-state index is 10.8. The Balaban J connectivity index is 1.88. The lowest BCUT2D eigenvalue weighted by atomic mass is 9.97. The second kappa shape index (κ2) is 8.19. The lowest BCUT2D eigenvalue weighted by Crippen LogP contribution is -2.11. The number of carbonyl (C=O) groups is 1. The van der Waals surface area contributed by atoms with Gasteiger partial charge in [-0.15, -0.1) is 10.2 Å². The van der Waals surface area contributed by atoms with Crippen molar-refractivity contribution in [2.45, 2.75) is 38.3 Å². The van der Waals surface area contributed by atoms with Crippen LogP contribution in [0.3, 0.4) is 0 Å². The molecule has 0 aliphatic carbocycles. The molecule has 0 N–H and O–H groups in total. The Bertz CT molecular complexity index is 679. The number of thioether (sulfide) groups is 1. The molecule has 1 aromatic heterocycles. The summed E-state index contributed by atoms with van der Waals surface area (Å²) in [5.41, 5.74) is 0.399. The first-order valence-corrected chi connectivity index (χ1v) is 8.74. The maximum absolute atomic E-state index is 10.8. The van der Waals surface area contributed by atoms with Crippen molar-refractivity contribution in [1.29, 1.82) is 0 Å². The molecule has 0 radical (unpaired) electrons. The van der Waals surface area contributed by atoms with E-state index in [1.807, 2.05) is 27.7 Å². The van der Waals surface area contributed by atoms with Crippen LogP contribution >= 0.6 is 11.8 Å². The zero-order valence-corrected chi connectivity index (χ0v) is 15.2. The monoisotopic (exact) mass is 350 g/mol. The van der Waals surface area contributed by atoms with Crippen LogP contribution in [-0.2, 0) is 5.41 Å². The van der Waals surface area contributed by atoms with Gasteiger partial charge in [-0.3, -0.25) is 4.79 Å². The molecule has 0 fully saturated rings. The summed E-state index contributed by atoms with van der Waals surface area (Å²) in [6, 6.07) is 5.11. The number of nitrogens with zero attached hydrogens (tertiary/aromatic N) is 2. The number of benzene rings is 1. The van der Waals surface area contributed by atoms with Crippen molar-refractivity contribution in [2.75, 3.05) is 19.0 Å². The van der Waals surface area contributed by atoms with Gasteiger partial charge in [0.1, 0.15) is 6.29 Å². The Hall–Kier alpha value is -2.02. The van der Waals surface area contributed by atoms with Crippen LogP contribution in [0.4, 0.5) is 0 Å². The van der Waals surface area contributed by atoms with Gasteiger partial charge in [0.05, 0.1) is 13.2 Å². The molecular weight excluding hydrogens is 328 g/mol. The fourth-order valence-electron chi connectivity index (χ4n) is 1.84. The highest BCUT2D eigenvalue weighted by Crippen LogP contribution is 2.29. The van der Waals surface area contributed by atoms with E-state index in [1.165, 1.54) is 11.8 Å². The van der Waals surface area contributed by atoms with E-state index in [1.54, 1.807) is 18.2 Å². The van der Waals surface area contributed by atoms with Crippen LogP contribution in [0.1, 0.15) is 43.9 Å². The molecule has 1 aromatic carbocycles.